The van der Waals surface area contributed by atoms with Crippen molar-refractivity contribution in [2.24, 2.45) is 18.9 Å². The van der Waals surface area contributed by atoms with Crippen molar-refractivity contribution in [3.8, 4) is 0 Å². The second-order valence-electron chi connectivity index (χ2n) is 6.69. The quantitative estimate of drug-likeness (QED) is 0.818. The summed E-state index contributed by atoms with van der Waals surface area (Å²) in [7, 11) is 6.24. The van der Waals surface area contributed by atoms with Gasteiger partial charge in [-0.2, -0.15) is 5.10 Å². The second kappa shape index (κ2) is 7.23. The molecule has 0 aromatic carbocycles. The number of aryl methyl sites for hydroxylation is 1. The van der Waals surface area contributed by atoms with Crippen molar-refractivity contribution in [2.75, 3.05) is 27.2 Å². The van der Waals surface area contributed by atoms with Crippen molar-refractivity contribution in [1.29, 1.82) is 0 Å². The highest BCUT2D eigenvalue weighted by Gasteiger charge is 2.22. The van der Waals surface area contributed by atoms with Crippen molar-refractivity contribution in [1.82, 2.24) is 20.0 Å². The van der Waals surface area contributed by atoms with E-state index in [1.807, 2.05) is 17.9 Å². The maximum atomic E-state index is 4.30. The first-order valence-electron chi connectivity index (χ1n) is 8.01. The van der Waals surface area contributed by atoms with E-state index in [1.165, 1.54) is 18.4 Å². The Morgan fingerprint density at radius 1 is 1.48 bits per heavy atom. The molecule has 4 heteroatoms. The van der Waals surface area contributed by atoms with E-state index in [9.17, 15) is 0 Å². The van der Waals surface area contributed by atoms with Gasteiger partial charge in [0.25, 0.3) is 0 Å². The van der Waals surface area contributed by atoms with Crippen LogP contribution in [0.25, 0.3) is 0 Å². The van der Waals surface area contributed by atoms with Gasteiger partial charge in [0.05, 0.1) is 6.20 Å². The molecule has 0 saturated heterocycles. The Kier molecular flexibility index (Phi) is 5.59. The lowest BCUT2D eigenvalue weighted by molar-refractivity contribution is 0.274. The summed E-state index contributed by atoms with van der Waals surface area (Å²) >= 11 is 0. The van der Waals surface area contributed by atoms with Gasteiger partial charge in [0, 0.05) is 37.9 Å². The molecule has 21 heavy (non-hydrogen) atoms. The summed E-state index contributed by atoms with van der Waals surface area (Å²) in [4.78, 5) is 2.26. The minimum absolute atomic E-state index is 0.377. The molecule has 3 atom stereocenters. The number of likely N-dealkylation sites (N-methyl/N-ethyl adjacent to an activating group) is 1. The van der Waals surface area contributed by atoms with Gasteiger partial charge in [-0.25, -0.2) is 0 Å². The number of nitrogens with zero attached hydrogens (tertiary/aromatic N) is 3. The van der Waals surface area contributed by atoms with Gasteiger partial charge in [-0.1, -0.05) is 18.6 Å². The Bertz CT molecular complexity index is 475. The van der Waals surface area contributed by atoms with E-state index in [0.717, 1.165) is 19.0 Å². The van der Waals surface area contributed by atoms with Gasteiger partial charge in [0.2, 0.25) is 0 Å². The zero-order valence-electron chi connectivity index (χ0n) is 14.1. The fourth-order valence-electron chi connectivity index (χ4n) is 3.32. The van der Waals surface area contributed by atoms with Crippen molar-refractivity contribution < 1.29 is 0 Å². The lowest BCUT2D eigenvalue weighted by Crippen LogP contribution is -2.36. The molecule has 1 aliphatic carbocycles. The number of rotatable bonds is 6. The van der Waals surface area contributed by atoms with Crippen molar-refractivity contribution in [3.05, 3.63) is 29.6 Å². The first-order valence-corrected chi connectivity index (χ1v) is 8.01. The number of hydrogen-bond donors (Lipinski definition) is 1. The third-order valence-corrected chi connectivity index (χ3v) is 4.79. The molecular formula is C17H30N4. The van der Waals surface area contributed by atoms with Gasteiger partial charge in [-0.05, 0) is 45.7 Å². The zero-order valence-corrected chi connectivity index (χ0v) is 14.1. The first kappa shape index (κ1) is 16.2. The lowest BCUT2D eigenvalue weighted by Gasteiger charge is -2.30. The van der Waals surface area contributed by atoms with E-state index < -0.39 is 0 Å². The monoisotopic (exact) mass is 290 g/mol. The highest BCUT2D eigenvalue weighted by atomic mass is 15.2. The molecule has 1 aromatic rings. The fourth-order valence-corrected chi connectivity index (χ4v) is 3.32. The Balaban J connectivity index is 1.91. The molecule has 0 radical (unpaired) electrons. The van der Waals surface area contributed by atoms with Crippen LogP contribution in [0.4, 0.5) is 0 Å². The largest absolute Gasteiger partial charge is 0.314 e. The molecule has 0 spiro atoms. The molecule has 1 aliphatic rings. The molecule has 118 valence electrons. The summed E-state index contributed by atoms with van der Waals surface area (Å²) in [5.41, 5.74) is 2.84. The topological polar surface area (TPSA) is 33.1 Å². The van der Waals surface area contributed by atoms with Gasteiger partial charge in [0.15, 0.2) is 0 Å². The van der Waals surface area contributed by atoms with Gasteiger partial charge in [0.1, 0.15) is 0 Å². The molecule has 0 fully saturated rings. The predicted molar refractivity (Wildman–Crippen MR) is 88.2 cm³/mol. The minimum Gasteiger partial charge on any atom is -0.314 e. The van der Waals surface area contributed by atoms with Crippen LogP contribution < -0.4 is 5.32 Å². The maximum Gasteiger partial charge on any atom is 0.0538 e. The van der Waals surface area contributed by atoms with Crippen LogP contribution in [-0.4, -0.2) is 41.9 Å². The molecule has 0 amide bonds. The van der Waals surface area contributed by atoms with E-state index in [2.05, 4.69) is 55.5 Å². The summed E-state index contributed by atoms with van der Waals surface area (Å²) in [6.45, 7) is 6.71. The van der Waals surface area contributed by atoms with E-state index in [0.29, 0.717) is 12.0 Å². The van der Waals surface area contributed by atoms with E-state index >= 15 is 0 Å². The summed E-state index contributed by atoms with van der Waals surface area (Å²) in [6, 6.07) is 0.377. The smallest absolute Gasteiger partial charge is 0.0538 e. The van der Waals surface area contributed by atoms with Crippen molar-refractivity contribution in [3.63, 3.8) is 0 Å². The summed E-state index contributed by atoms with van der Waals surface area (Å²) in [6.07, 6.45) is 9.07. The van der Waals surface area contributed by atoms with E-state index in [-0.39, 0.29) is 0 Å². The Morgan fingerprint density at radius 3 is 2.81 bits per heavy atom. The Morgan fingerprint density at radius 2 is 2.24 bits per heavy atom. The molecule has 3 unspecified atom stereocenters. The number of aromatic nitrogens is 2. The Hall–Kier alpha value is -1.13. The van der Waals surface area contributed by atoms with Crippen LogP contribution >= 0.6 is 0 Å². The molecule has 0 aliphatic heterocycles. The van der Waals surface area contributed by atoms with Crippen LogP contribution in [0, 0.1) is 11.8 Å². The van der Waals surface area contributed by atoms with E-state index in [4.69, 9.17) is 0 Å². The molecule has 1 N–H and O–H groups in total. The van der Waals surface area contributed by atoms with Crippen LogP contribution in [0.5, 0.6) is 0 Å². The highest BCUT2D eigenvalue weighted by Crippen LogP contribution is 2.29. The summed E-state index contributed by atoms with van der Waals surface area (Å²) < 4.78 is 1.88. The molecule has 1 aromatic heterocycles. The highest BCUT2D eigenvalue weighted by molar-refractivity contribution is 5.12. The van der Waals surface area contributed by atoms with Crippen molar-refractivity contribution >= 4 is 0 Å². The second-order valence-corrected chi connectivity index (χ2v) is 6.69. The molecular weight excluding hydrogens is 260 g/mol. The van der Waals surface area contributed by atoms with Crippen LogP contribution in [0.1, 0.15) is 38.3 Å². The molecule has 0 saturated carbocycles. The maximum absolute atomic E-state index is 4.30. The van der Waals surface area contributed by atoms with Gasteiger partial charge in [-0.15, -0.1) is 0 Å². The molecule has 0 bridgehead atoms. The number of allylic oxidation sites excluding steroid dienone is 1. The van der Waals surface area contributed by atoms with Crippen LogP contribution in [0.3, 0.4) is 0 Å². The van der Waals surface area contributed by atoms with E-state index in [1.54, 1.807) is 5.57 Å². The normalized spacial score (nSPS) is 24.2. The fraction of sp³-hybridized carbons (Fsp3) is 0.706. The SMILES string of the molecule is CC1=CCCC(C)C1CNCC(c1cnn(C)c1)N(C)C. The number of hydrogen-bond acceptors (Lipinski definition) is 3. The summed E-state index contributed by atoms with van der Waals surface area (Å²) in [5, 5.41) is 7.98. The van der Waals surface area contributed by atoms with Gasteiger partial charge >= 0.3 is 0 Å². The van der Waals surface area contributed by atoms with Crippen LogP contribution in [0.2, 0.25) is 0 Å². The molecule has 1 heterocycles. The summed E-state index contributed by atoms with van der Waals surface area (Å²) in [5.74, 6) is 1.48. The van der Waals surface area contributed by atoms with Gasteiger partial charge < -0.3 is 10.2 Å². The zero-order chi connectivity index (χ0) is 15.4. The van der Waals surface area contributed by atoms with Gasteiger partial charge in [-0.3, -0.25) is 4.68 Å². The Labute approximate surface area is 129 Å². The van der Waals surface area contributed by atoms with Crippen LogP contribution in [0.15, 0.2) is 24.0 Å². The lowest BCUT2D eigenvalue weighted by atomic mass is 9.80. The van der Waals surface area contributed by atoms with Crippen molar-refractivity contribution in [2.45, 2.75) is 32.7 Å². The predicted octanol–water partition coefficient (Wildman–Crippen LogP) is 2.60. The molecule has 4 nitrogen and oxygen atoms in total. The average molecular weight is 290 g/mol. The van der Waals surface area contributed by atoms with Crippen LogP contribution in [-0.2, 0) is 7.05 Å². The standard InChI is InChI=1S/C17H30N4/c1-13-7-6-8-14(2)16(13)10-18-11-17(20(3)4)15-9-19-21(5)12-15/h7,9,12,14,16-18H,6,8,10-11H2,1-5H3. The molecule has 2 rings (SSSR count). The minimum atomic E-state index is 0.377. The number of nitrogens with one attached hydrogen (secondary N) is 1. The average Bonchev–Trinajstić information content (AvgIpc) is 2.83. The third kappa shape index (κ3) is 4.17. The third-order valence-electron chi connectivity index (χ3n) is 4.79. The first-order chi connectivity index (χ1) is 9.99.